The van der Waals surface area contributed by atoms with E-state index in [-0.39, 0.29) is 6.61 Å². The third-order valence-corrected chi connectivity index (χ3v) is 3.84. The molecule has 3 rings (SSSR count). The molecule has 0 saturated heterocycles. The summed E-state index contributed by atoms with van der Waals surface area (Å²) in [6.07, 6.45) is 0. The van der Waals surface area contributed by atoms with Crippen LogP contribution in [-0.2, 0) is 13.1 Å². The largest absolute Gasteiger partial charge is 0.497 e. The molecule has 0 aliphatic carbocycles. The Hall–Kier alpha value is -2.70. The Morgan fingerprint density at radius 1 is 1.04 bits per heavy atom. The third-order valence-electron chi connectivity index (χ3n) is 3.84. The van der Waals surface area contributed by atoms with Crippen molar-refractivity contribution < 1.29 is 14.4 Å². The van der Waals surface area contributed by atoms with Crippen molar-refractivity contribution >= 4 is 0 Å². The molecule has 0 aliphatic heterocycles. The first-order valence-electron chi connectivity index (χ1n) is 8.12. The zero-order valence-electron chi connectivity index (χ0n) is 14.1. The van der Waals surface area contributed by atoms with E-state index in [4.69, 9.17) is 9.26 Å². The van der Waals surface area contributed by atoms with E-state index in [0.717, 1.165) is 11.3 Å². The van der Waals surface area contributed by atoms with Crippen LogP contribution in [-0.4, -0.2) is 40.4 Å². The minimum absolute atomic E-state index is 0.0794. The summed E-state index contributed by atoms with van der Waals surface area (Å²) in [5.74, 6) is 1.84. The van der Waals surface area contributed by atoms with E-state index in [1.54, 1.807) is 7.11 Å². The van der Waals surface area contributed by atoms with Crippen molar-refractivity contribution in [2.45, 2.75) is 13.1 Å². The Morgan fingerprint density at radius 3 is 2.48 bits per heavy atom. The Labute approximate surface area is 146 Å². The summed E-state index contributed by atoms with van der Waals surface area (Å²) in [7, 11) is 1.63. The minimum Gasteiger partial charge on any atom is -0.497 e. The summed E-state index contributed by atoms with van der Waals surface area (Å²) in [6, 6.07) is 17.6. The van der Waals surface area contributed by atoms with Gasteiger partial charge in [0.25, 0.3) is 5.89 Å². The highest BCUT2D eigenvalue weighted by Crippen LogP contribution is 2.21. The van der Waals surface area contributed by atoms with Gasteiger partial charge in [0.15, 0.2) is 5.82 Å². The fourth-order valence-electron chi connectivity index (χ4n) is 2.57. The first-order chi connectivity index (χ1) is 12.3. The molecule has 130 valence electrons. The fourth-order valence-corrected chi connectivity index (χ4v) is 2.57. The van der Waals surface area contributed by atoms with E-state index in [0.29, 0.717) is 31.3 Å². The highest BCUT2D eigenvalue weighted by molar-refractivity contribution is 5.54. The number of benzene rings is 2. The van der Waals surface area contributed by atoms with Crippen molar-refractivity contribution in [3.8, 4) is 17.2 Å². The molecular formula is C19H21N3O3. The van der Waals surface area contributed by atoms with E-state index in [1.807, 2.05) is 42.5 Å². The maximum absolute atomic E-state index is 9.31. The number of nitrogens with zero attached hydrogens (tertiary/aromatic N) is 3. The van der Waals surface area contributed by atoms with Crippen LogP contribution in [0.5, 0.6) is 5.75 Å². The van der Waals surface area contributed by atoms with E-state index in [9.17, 15) is 5.11 Å². The van der Waals surface area contributed by atoms with Crippen molar-refractivity contribution in [1.29, 1.82) is 0 Å². The molecule has 0 spiro atoms. The van der Waals surface area contributed by atoms with Gasteiger partial charge < -0.3 is 14.4 Å². The molecule has 0 unspecified atom stereocenters. The molecule has 0 aliphatic rings. The van der Waals surface area contributed by atoms with Gasteiger partial charge in [0.2, 0.25) is 0 Å². The maximum atomic E-state index is 9.31. The highest BCUT2D eigenvalue weighted by atomic mass is 16.5. The molecule has 6 nitrogen and oxygen atoms in total. The molecule has 25 heavy (non-hydrogen) atoms. The van der Waals surface area contributed by atoms with Crippen LogP contribution in [0.2, 0.25) is 0 Å². The van der Waals surface area contributed by atoms with Gasteiger partial charge in [0.05, 0.1) is 20.3 Å². The maximum Gasteiger partial charge on any atom is 0.257 e. The van der Waals surface area contributed by atoms with Crippen molar-refractivity contribution in [2.75, 3.05) is 20.3 Å². The van der Waals surface area contributed by atoms with E-state index in [2.05, 4.69) is 27.2 Å². The second kappa shape index (κ2) is 8.41. The standard InChI is InChI=1S/C19H21N3O3/c1-24-17-9-7-16(8-10-17)19-20-18(21-25-19)14-22(11-12-23)13-15-5-3-2-4-6-15/h2-10,23H,11-14H2,1H3. The summed E-state index contributed by atoms with van der Waals surface area (Å²) < 4.78 is 10.5. The van der Waals surface area contributed by atoms with Crippen LogP contribution in [0, 0.1) is 0 Å². The Morgan fingerprint density at radius 2 is 1.80 bits per heavy atom. The molecule has 3 aromatic rings. The Balaban J connectivity index is 1.69. The molecule has 1 heterocycles. The van der Waals surface area contributed by atoms with Crippen LogP contribution in [0.1, 0.15) is 11.4 Å². The smallest absolute Gasteiger partial charge is 0.257 e. The fraction of sp³-hybridized carbons (Fsp3) is 0.263. The molecule has 0 saturated carbocycles. The van der Waals surface area contributed by atoms with Gasteiger partial charge in [-0.15, -0.1) is 0 Å². The van der Waals surface area contributed by atoms with Crippen LogP contribution < -0.4 is 4.74 Å². The van der Waals surface area contributed by atoms with Gasteiger partial charge in [0, 0.05) is 18.7 Å². The lowest BCUT2D eigenvalue weighted by Crippen LogP contribution is -2.26. The summed E-state index contributed by atoms with van der Waals surface area (Å²) in [5, 5.41) is 13.4. The average molecular weight is 339 g/mol. The second-order valence-corrected chi connectivity index (χ2v) is 5.66. The number of aromatic nitrogens is 2. The zero-order valence-corrected chi connectivity index (χ0v) is 14.1. The van der Waals surface area contributed by atoms with Crippen molar-refractivity contribution in [3.63, 3.8) is 0 Å². The number of hydrogen-bond acceptors (Lipinski definition) is 6. The number of ether oxygens (including phenoxy) is 1. The van der Waals surface area contributed by atoms with Gasteiger partial charge in [-0.2, -0.15) is 4.98 Å². The van der Waals surface area contributed by atoms with Crippen LogP contribution in [0.15, 0.2) is 59.1 Å². The van der Waals surface area contributed by atoms with Gasteiger partial charge in [-0.1, -0.05) is 35.5 Å². The Kier molecular flexibility index (Phi) is 5.77. The molecule has 2 aromatic carbocycles. The highest BCUT2D eigenvalue weighted by Gasteiger charge is 2.13. The molecule has 0 amide bonds. The molecule has 1 aromatic heterocycles. The quantitative estimate of drug-likeness (QED) is 0.680. The van der Waals surface area contributed by atoms with E-state index >= 15 is 0 Å². The summed E-state index contributed by atoms with van der Waals surface area (Å²) >= 11 is 0. The lowest BCUT2D eigenvalue weighted by Gasteiger charge is -2.19. The van der Waals surface area contributed by atoms with E-state index in [1.165, 1.54) is 5.56 Å². The third kappa shape index (κ3) is 4.65. The van der Waals surface area contributed by atoms with Crippen LogP contribution in [0.3, 0.4) is 0 Å². The lowest BCUT2D eigenvalue weighted by molar-refractivity contribution is 0.180. The molecule has 0 atom stereocenters. The van der Waals surface area contributed by atoms with E-state index < -0.39 is 0 Å². The number of aliphatic hydroxyl groups is 1. The van der Waals surface area contributed by atoms with Crippen LogP contribution in [0.25, 0.3) is 11.5 Å². The summed E-state index contributed by atoms with van der Waals surface area (Å²) in [5.41, 5.74) is 2.02. The number of rotatable bonds is 8. The predicted molar refractivity (Wildman–Crippen MR) is 93.9 cm³/mol. The van der Waals surface area contributed by atoms with Crippen LogP contribution in [0.4, 0.5) is 0 Å². The first kappa shape index (κ1) is 17.1. The number of methoxy groups -OCH3 is 1. The zero-order chi connectivity index (χ0) is 17.5. The van der Waals surface area contributed by atoms with Gasteiger partial charge in [-0.3, -0.25) is 4.90 Å². The molecule has 1 N–H and O–H groups in total. The normalized spacial score (nSPS) is 11.0. The lowest BCUT2D eigenvalue weighted by atomic mass is 10.2. The molecule has 0 fully saturated rings. The first-order valence-corrected chi connectivity index (χ1v) is 8.12. The van der Waals surface area contributed by atoms with Gasteiger partial charge in [0.1, 0.15) is 5.75 Å². The average Bonchev–Trinajstić information content (AvgIpc) is 3.11. The predicted octanol–water partition coefficient (Wildman–Crippen LogP) is 2.74. The number of hydrogen-bond donors (Lipinski definition) is 1. The molecule has 0 bridgehead atoms. The second-order valence-electron chi connectivity index (χ2n) is 5.66. The molecule has 6 heteroatoms. The van der Waals surface area contributed by atoms with Gasteiger partial charge in [-0.25, -0.2) is 0 Å². The monoisotopic (exact) mass is 339 g/mol. The van der Waals surface area contributed by atoms with Gasteiger partial charge >= 0.3 is 0 Å². The van der Waals surface area contributed by atoms with Crippen LogP contribution >= 0.6 is 0 Å². The SMILES string of the molecule is COc1ccc(-c2nc(CN(CCO)Cc3ccccc3)no2)cc1. The summed E-state index contributed by atoms with van der Waals surface area (Å²) in [6.45, 7) is 1.85. The van der Waals surface area contributed by atoms with Crippen molar-refractivity contribution in [1.82, 2.24) is 15.0 Å². The minimum atomic E-state index is 0.0794. The summed E-state index contributed by atoms with van der Waals surface area (Å²) in [4.78, 5) is 6.54. The molecule has 0 radical (unpaired) electrons. The van der Waals surface area contributed by atoms with Crippen molar-refractivity contribution in [2.24, 2.45) is 0 Å². The van der Waals surface area contributed by atoms with Gasteiger partial charge in [-0.05, 0) is 29.8 Å². The topological polar surface area (TPSA) is 71.6 Å². The molecular weight excluding hydrogens is 318 g/mol. The van der Waals surface area contributed by atoms with Crippen molar-refractivity contribution in [3.05, 3.63) is 66.0 Å². The Bertz CT molecular complexity index is 772. The number of aliphatic hydroxyl groups excluding tert-OH is 1.